The van der Waals surface area contributed by atoms with Gasteiger partial charge in [-0.25, -0.2) is 0 Å². The summed E-state index contributed by atoms with van der Waals surface area (Å²) in [7, 11) is 0. The Bertz CT molecular complexity index is 566. The van der Waals surface area contributed by atoms with E-state index in [2.05, 4.69) is 15.5 Å². The quantitative estimate of drug-likeness (QED) is 0.896. The van der Waals surface area contributed by atoms with Crippen LogP contribution in [0, 0.1) is 11.8 Å². The molecule has 1 aromatic heterocycles. The number of benzene rings is 1. The molecule has 1 aromatic carbocycles. The van der Waals surface area contributed by atoms with Crippen LogP contribution < -0.4 is 5.32 Å². The Labute approximate surface area is 112 Å². The van der Waals surface area contributed by atoms with E-state index in [1.54, 1.807) is 0 Å². The normalized spacial score (nSPS) is 29.6. The highest BCUT2D eigenvalue weighted by molar-refractivity contribution is 5.53. The van der Waals surface area contributed by atoms with Crippen molar-refractivity contribution in [2.24, 2.45) is 11.8 Å². The highest BCUT2D eigenvalue weighted by Crippen LogP contribution is 2.44. The number of fused-ring (bicyclic) bond motifs is 1. The van der Waals surface area contributed by atoms with Gasteiger partial charge < -0.3 is 9.84 Å². The summed E-state index contributed by atoms with van der Waals surface area (Å²) in [6, 6.07) is 10.3. The number of rotatable bonds is 2. The zero-order valence-electron chi connectivity index (χ0n) is 10.7. The molecule has 2 heterocycles. The summed E-state index contributed by atoms with van der Waals surface area (Å²) < 4.78 is 5.49. The van der Waals surface area contributed by atoms with Gasteiger partial charge in [-0.3, -0.25) is 0 Å². The lowest BCUT2D eigenvalue weighted by atomic mass is 9.94. The lowest BCUT2D eigenvalue weighted by molar-refractivity contribution is 0.302. The van der Waals surface area contributed by atoms with Gasteiger partial charge >= 0.3 is 0 Å². The molecule has 0 radical (unpaired) electrons. The van der Waals surface area contributed by atoms with Gasteiger partial charge in [0, 0.05) is 5.56 Å². The number of aromatic nitrogens is 2. The number of nitrogens with one attached hydrogen (secondary N) is 1. The fraction of sp³-hybridized carbons (Fsp3) is 0.467. The average Bonchev–Trinajstić information content (AvgIpc) is 3.15. The minimum Gasteiger partial charge on any atom is -0.337 e. The predicted octanol–water partition coefficient (Wildman–Crippen LogP) is 2.80. The van der Waals surface area contributed by atoms with Crippen LogP contribution in [0.15, 0.2) is 34.9 Å². The molecule has 3 atom stereocenters. The van der Waals surface area contributed by atoms with Crippen LogP contribution in [-0.2, 0) is 0 Å². The van der Waals surface area contributed by atoms with Gasteiger partial charge in [0.25, 0.3) is 0 Å². The van der Waals surface area contributed by atoms with Gasteiger partial charge in [0.15, 0.2) is 0 Å². The first-order valence-electron chi connectivity index (χ1n) is 7.04. The Morgan fingerprint density at radius 3 is 2.95 bits per heavy atom. The summed E-state index contributed by atoms with van der Waals surface area (Å²) >= 11 is 0. The van der Waals surface area contributed by atoms with Gasteiger partial charge in [-0.15, -0.1) is 0 Å². The van der Waals surface area contributed by atoms with Crippen LogP contribution in [0.3, 0.4) is 0 Å². The molecule has 1 aliphatic heterocycles. The van der Waals surface area contributed by atoms with Crippen LogP contribution in [0.2, 0.25) is 0 Å². The number of nitrogens with zero attached hydrogens (tertiary/aromatic N) is 2. The van der Waals surface area contributed by atoms with Gasteiger partial charge in [0.2, 0.25) is 11.7 Å². The molecule has 2 fully saturated rings. The maximum absolute atomic E-state index is 5.49. The van der Waals surface area contributed by atoms with Crippen LogP contribution in [-0.4, -0.2) is 16.7 Å². The van der Waals surface area contributed by atoms with E-state index in [1.165, 1.54) is 19.3 Å². The standard InChI is InChI=1S/C15H17N3O/c1-2-5-10(6-3-1)14-17-15(19-18-14)13-12-8-4-7-11(12)9-16-13/h1-3,5-6,11-13,16H,4,7-9H2. The summed E-state index contributed by atoms with van der Waals surface area (Å²) in [4.78, 5) is 4.58. The molecule has 0 bridgehead atoms. The molecule has 2 aromatic rings. The van der Waals surface area contributed by atoms with Crippen molar-refractivity contribution in [3.63, 3.8) is 0 Å². The first-order chi connectivity index (χ1) is 9.42. The Balaban J connectivity index is 1.62. The predicted molar refractivity (Wildman–Crippen MR) is 71.3 cm³/mol. The Hall–Kier alpha value is -1.68. The van der Waals surface area contributed by atoms with Crippen LogP contribution in [0.4, 0.5) is 0 Å². The molecule has 0 spiro atoms. The smallest absolute Gasteiger partial charge is 0.244 e. The molecule has 1 N–H and O–H groups in total. The van der Waals surface area contributed by atoms with Crippen LogP contribution in [0.5, 0.6) is 0 Å². The fourth-order valence-electron chi connectivity index (χ4n) is 3.52. The third-order valence-corrected chi connectivity index (χ3v) is 4.49. The average molecular weight is 255 g/mol. The molecular weight excluding hydrogens is 238 g/mol. The zero-order chi connectivity index (χ0) is 12.7. The van der Waals surface area contributed by atoms with E-state index in [9.17, 15) is 0 Å². The molecule has 4 nitrogen and oxygen atoms in total. The molecule has 1 saturated heterocycles. The van der Waals surface area contributed by atoms with Crippen molar-refractivity contribution in [3.8, 4) is 11.4 Å². The molecular formula is C15H17N3O. The van der Waals surface area contributed by atoms with Gasteiger partial charge in [-0.2, -0.15) is 4.98 Å². The fourth-order valence-corrected chi connectivity index (χ4v) is 3.52. The molecule has 0 amide bonds. The third kappa shape index (κ3) is 1.87. The van der Waals surface area contributed by atoms with Crippen molar-refractivity contribution >= 4 is 0 Å². The molecule has 98 valence electrons. The highest BCUT2D eigenvalue weighted by atomic mass is 16.5. The van der Waals surface area contributed by atoms with Gasteiger partial charge in [-0.1, -0.05) is 41.9 Å². The van der Waals surface area contributed by atoms with Crippen LogP contribution >= 0.6 is 0 Å². The van der Waals surface area contributed by atoms with E-state index in [0.717, 1.165) is 23.9 Å². The Kier molecular flexibility index (Phi) is 2.62. The second-order valence-corrected chi connectivity index (χ2v) is 5.56. The van der Waals surface area contributed by atoms with Crippen molar-refractivity contribution in [2.45, 2.75) is 25.3 Å². The van der Waals surface area contributed by atoms with E-state index in [-0.39, 0.29) is 6.04 Å². The summed E-state index contributed by atoms with van der Waals surface area (Å²) in [6.07, 6.45) is 3.96. The molecule has 2 aliphatic rings. The monoisotopic (exact) mass is 255 g/mol. The summed E-state index contributed by atoms with van der Waals surface area (Å²) in [5.41, 5.74) is 1.01. The maximum atomic E-state index is 5.49. The van der Waals surface area contributed by atoms with Crippen molar-refractivity contribution in [2.75, 3.05) is 6.54 Å². The lowest BCUT2D eigenvalue weighted by Gasteiger charge is -2.13. The van der Waals surface area contributed by atoms with Crippen molar-refractivity contribution < 1.29 is 4.52 Å². The van der Waals surface area contributed by atoms with Gasteiger partial charge in [0.05, 0.1) is 6.04 Å². The summed E-state index contributed by atoms with van der Waals surface area (Å²) in [5, 5.41) is 7.66. The van der Waals surface area contributed by atoms with E-state index in [1.807, 2.05) is 30.3 Å². The number of hydrogen-bond acceptors (Lipinski definition) is 4. The molecule has 1 aliphatic carbocycles. The highest BCUT2D eigenvalue weighted by Gasteiger charge is 2.42. The zero-order valence-corrected chi connectivity index (χ0v) is 10.7. The Morgan fingerprint density at radius 2 is 2.05 bits per heavy atom. The second-order valence-electron chi connectivity index (χ2n) is 5.56. The maximum Gasteiger partial charge on any atom is 0.244 e. The summed E-state index contributed by atoms with van der Waals surface area (Å²) in [6.45, 7) is 1.10. The van der Waals surface area contributed by atoms with Gasteiger partial charge in [0.1, 0.15) is 0 Å². The second kappa shape index (κ2) is 4.46. The van der Waals surface area contributed by atoms with Crippen LogP contribution in [0.25, 0.3) is 11.4 Å². The summed E-state index contributed by atoms with van der Waals surface area (Å²) in [5.74, 6) is 2.94. The molecule has 1 saturated carbocycles. The first kappa shape index (κ1) is 11.2. The molecule has 19 heavy (non-hydrogen) atoms. The first-order valence-corrected chi connectivity index (χ1v) is 7.04. The third-order valence-electron chi connectivity index (χ3n) is 4.49. The van der Waals surface area contributed by atoms with Crippen molar-refractivity contribution in [1.82, 2.24) is 15.5 Å². The number of hydrogen-bond donors (Lipinski definition) is 1. The lowest BCUT2D eigenvalue weighted by Crippen LogP contribution is -2.18. The van der Waals surface area contributed by atoms with E-state index < -0.39 is 0 Å². The van der Waals surface area contributed by atoms with Crippen molar-refractivity contribution in [3.05, 3.63) is 36.2 Å². The van der Waals surface area contributed by atoms with Crippen molar-refractivity contribution in [1.29, 1.82) is 0 Å². The van der Waals surface area contributed by atoms with Gasteiger partial charge in [-0.05, 0) is 31.2 Å². The Morgan fingerprint density at radius 1 is 1.16 bits per heavy atom. The SMILES string of the molecule is c1ccc(-c2noc(C3NCC4CCCC43)n2)cc1. The topological polar surface area (TPSA) is 51.0 Å². The minimum absolute atomic E-state index is 0.262. The van der Waals surface area contributed by atoms with E-state index >= 15 is 0 Å². The van der Waals surface area contributed by atoms with Crippen LogP contribution in [0.1, 0.15) is 31.2 Å². The molecule has 3 unspecified atom stereocenters. The molecule has 4 heteroatoms. The minimum atomic E-state index is 0.262. The largest absolute Gasteiger partial charge is 0.337 e. The van der Waals surface area contributed by atoms with E-state index in [4.69, 9.17) is 4.52 Å². The molecule has 4 rings (SSSR count). The van der Waals surface area contributed by atoms with E-state index in [0.29, 0.717) is 11.7 Å².